The summed E-state index contributed by atoms with van der Waals surface area (Å²) < 4.78 is 38.3. The van der Waals surface area contributed by atoms with Gasteiger partial charge in [0.05, 0.1) is 11.9 Å². The second-order valence-electron chi connectivity index (χ2n) is 5.58. The summed E-state index contributed by atoms with van der Waals surface area (Å²) in [5.74, 6) is -1.80. The molecule has 0 radical (unpaired) electrons. The Labute approximate surface area is 140 Å². The number of carbonyl (C=O) groups is 1. The fourth-order valence-electron chi connectivity index (χ4n) is 2.52. The van der Waals surface area contributed by atoms with Crippen molar-refractivity contribution in [3.05, 3.63) is 65.5 Å². The van der Waals surface area contributed by atoms with Crippen molar-refractivity contribution in [3.63, 3.8) is 0 Å². The van der Waals surface area contributed by atoms with Gasteiger partial charge in [0.1, 0.15) is 11.9 Å². The van der Waals surface area contributed by atoms with Crippen LogP contribution in [-0.2, 0) is 21.2 Å². The van der Waals surface area contributed by atoms with Gasteiger partial charge in [0.25, 0.3) is 0 Å². The van der Waals surface area contributed by atoms with Crippen molar-refractivity contribution in [1.29, 1.82) is 0 Å². The summed E-state index contributed by atoms with van der Waals surface area (Å²) in [7, 11) is -3.88. The highest BCUT2D eigenvalue weighted by atomic mass is 32.2. The quantitative estimate of drug-likeness (QED) is 0.868. The van der Waals surface area contributed by atoms with Crippen molar-refractivity contribution in [2.75, 3.05) is 10.6 Å². The first-order valence-corrected chi connectivity index (χ1v) is 9.06. The molecule has 0 aromatic heterocycles. The summed E-state index contributed by atoms with van der Waals surface area (Å²) >= 11 is 0. The smallest absolute Gasteiger partial charge is 0.327 e. The zero-order valence-corrected chi connectivity index (χ0v) is 14.1. The Morgan fingerprint density at radius 1 is 1.21 bits per heavy atom. The normalized spacial score (nSPS) is 12.6. The van der Waals surface area contributed by atoms with Crippen LogP contribution in [-0.4, -0.2) is 31.8 Å². The van der Waals surface area contributed by atoms with Gasteiger partial charge in [0.15, 0.2) is 0 Å². The highest BCUT2D eigenvalue weighted by Crippen LogP contribution is 2.23. The lowest BCUT2D eigenvalue weighted by molar-refractivity contribution is -0.138. The molecule has 7 heteroatoms. The summed E-state index contributed by atoms with van der Waals surface area (Å²) in [6.45, 7) is 1.87. The molecule has 24 heavy (non-hydrogen) atoms. The zero-order chi connectivity index (χ0) is 17.9. The van der Waals surface area contributed by atoms with Crippen LogP contribution >= 0.6 is 0 Å². The van der Waals surface area contributed by atoms with Crippen molar-refractivity contribution < 1.29 is 22.7 Å². The number of nitrogens with zero attached hydrogens (tertiary/aromatic N) is 1. The molecule has 0 amide bonds. The number of carboxylic acid groups (broad SMARTS) is 1. The van der Waals surface area contributed by atoms with Gasteiger partial charge in [0.2, 0.25) is 10.0 Å². The lowest BCUT2D eigenvalue weighted by Crippen LogP contribution is -2.46. The number of benzene rings is 2. The van der Waals surface area contributed by atoms with Crippen LogP contribution in [0.3, 0.4) is 0 Å². The molecule has 2 aromatic carbocycles. The lowest BCUT2D eigenvalue weighted by atomic mass is 10.0. The average molecular weight is 351 g/mol. The van der Waals surface area contributed by atoms with E-state index in [-0.39, 0.29) is 12.1 Å². The van der Waals surface area contributed by atoms with Gasteiger partial charge in [0, 0.05) is 6.42 Å². The molecular formula is C17H18FNO4S. The van der Waals surface area contributed by atoms with Crippen LogP contribution in [0.25, 0.3) is 0 Å². The molecule has 2 rings (SSSR count). The minimum absolute atomic E-state index is 0.00145. The van der Waals surface area contributed by atoms with Crippen LogP contribution in [0.1, 0.15) is 11.1 Å². The maximum absolute atomic E-state index is 13.1. The van der Waals surface area contributed by atoms with Gasteiger partial charge in [-0.3, -0.25) is 4.31 Å². The first-order chi connectivity index (χ1) is 11.2. The maximum Gasteiger partial charge on any atom is 0.327 e. The molecule has 1 N–H and O–H groups in total. The van der Waals surface area contributed by atoms with Crippen molar-refractivity contribution in [2.24, 2.45) is 0 Å². The topological polar surface area (TPSA) is 74.7 Å². The van der Waals surface area contributed by atoms with Crippen LogP contribution in [0.4, 0.5) is 10.1 Å². The molecule has 0 bridgehead atoms. The number of carboxylic acids is 1. The molecule has 0 heterocycles. The molecule has 0 spiro atoms. The van der Waals surface area contributed by atoms with Crippen LogP contribution in [0.15, 0.2) is 48.5 Å². The molecule has 2 aromatic rings. The Kier molecular flexibility index (Phi) is 5.23. The number of aliphatic carboxylic acids is 1. The van der Waals surface area contributed by atoms with Gasteiger partial charge in [-0.25, -0.2) is 17.6 Å². The van der Waals surface area contributed by atoms with Crippen LogP contribution in [0.2, 0.25) is 0 Å². The predicted molar refractivity (Wildman–Crippen MR) is 90.0 cm³/mol. The third-order valence-corrected chi connectivity index (χ3v) is 4.70. The van der Waals surface area contributed by atoms with Gasteiger partial charge < -0.3 is 5.11 Å². The standard InChI is InChI=1S/C17H18FNO4S/c1-12-4-3-5-13(10-12)11-16(17(20)21)19(24(2,22)23)15-8-6-14(18)7-9-15/h3-10,16H,11H2,1-2H3,(H,20,21). The SMILES string of the molecule is Cc1cccc(CC(C(=O)O)N(c2ccc(F)cc2)S(C)(=O)=O)c1. The number of anilines is 1. The third kappa shape index (κ3) is 4.32. The highest BCUT2D eigenvalue weighted by Gasteiger charge is 2.32. The summed E-state index contributed by atoms with van der Waals surface area (Å²) in [6.07, 6.45) is 0.935. The molecule has 1 unspecified atom stereocenters. The molecular weight excluding hydrogens is 333 g/mol. The van der Waals surface area contributed by atoms with Crippen molar-refractivity contribution in [1.82, 2.24) is 0 Å². The summed E-state index contributed by atoms with van der Waals surface area (Å²) in [6, 6.07) is 10.6. The molecule has 0 saturated carbocycles. The fourth-order valence-corrected chi connectivity index (χ4v) is 3.66. The van der Waals surface area contributed by atoms with Crippen LogP contribution in [0.5, 0.6) is 0 Å². The Morgan fingerprint density at radius 2 is 1.83 bits per heavy atom. The van der Waals surface area contributed by atoms with E-state index in [0.29, 0.717) is 5.56 Å². The van der Waals surface area contributed by atoms with E-state index in [9.17, 15) is 22.7 Å². The largest absolute Gasteiger partial charge is 0.480 e. The first-order valence-electron chi connectivity index (χ1n) is 7.22. The highest BCUT2D eigenvalue weighted by molar-refractivity contribution is 7.92. The van der Waals surface area contributed by atoms with Gasteiger partial charge >= 0.3 is 5.97 Å². The lowest BCUT2D eigenvalue weighted by Gasteiger charge is -2.29. The average Bonchev–Trinajstić information content (AvgIpc) is 2.47. The van der Waals surface area contributed by atoms with E-state index < -0.39 is 27.9 Å². The maximum atomic E-state index is 13.1. The van der Waals surface area contributed by atoms with E-state index in [1.807, 2.05) is 13.0 Å². The second-order valence-corrected chi connectivity index (χ2v) is 7.44. The monoisotopic (exact) mass is 351 g/mol. The number of halogens is 1. The predicted octanol–water partition coefficient (Wildman–Crippen LogP) is 2.60. The minimum Gasteiger partial charge on any atom is -0.480 e. The number of sulfonamides is 1. The summed E-state index contributed by atoms with van der Waals surface area (Å²) in [5, 5.41) is 9.57. The van der Waals surface area contributed by atoms with Crippen molar-refractivity contribution in [2.45, 2.75) is 19.4 Å². The molecule has 0 saturated heterocycles. The third-order valence-electron chi connectivity index (χ3n) is 3.52. The summed E-state index contributed by atoms with van der Waals surface area (Å²) in [5.41, 5.74) is 1.77. The van der Waals surface area contributed by atoms with Gasteiger partial charge in [-0.2, -0.15) is 0 Å². The molecule has 0 aliphatic rings. The molecule has 128 valence electrons. The Morgan fingerprint density at radius 3 is 2.33 bits per heavy atom. The fraction of sp³-hybridized carbons (Fsp3) is 0.235. The van der Waals surface area contributed by atoms with Gasteiger partial charge in [-0.1, -0.05) is 29.8 Å². The van der Waals surface area contributed by atoms with Gasteiger partial charge in [-0.05, 0) is 36.8 Å². The minimum atomic E-state index is -3.88. The molecule has 0 aliphatic heterocycles. The summed E-state index contributed by atoms with van der Waals surface area (Å²) in [4.78, 5) is 11.7. The van der Waals surface area contributed by atoms with Crippen LogP contribution < -0.4 is 4.31 Å². The first kappa shape index (κ1) is 17.9. The van der Waals surface area contributed by atoms with E-state index in [4.69, 9.17) is 0 Å². The Balaban J connectivity index is 2.47. The van der Waals surface area contributed by atoms with E-state index in [2.05, 4.69) is 0 Å². The zero-order valence-electron chi connectivity index (χ0n) is 13.3. The number of aryl methyl sites for hydroxylation is 1. The van der Waals surface area contributed by atoms with Crippen LogP contribution in [0, 0.1) is 12.7 Å². The Hall–Kier alpha value is -2.41. The molecule has 5 nitrogen and oxygen atoms in total. The van der Waals surface area contributed by atoms with Gasteiger partial charge in [-0.15, -0.1) is 0 Å². The second kappa shape index (κ2) is 7.00. The van der Waals surface area contributed by atoms with Crippen molar-refractivity contribution in [3.8, 4) is 0 Å². The molecule has 0 fully saturated rings. The number of hydrogen-bond donors (Lipinski definition) is 1. The van der Waals surface area contributed by atoms with E-state index >= 15 is 0 Å². The number of hydrogen-bond acceptors (Lipinski definition) is 3. The Bertz CT molecular complexity index is 834. The van der Waals surface area contributed by atoms with Crippen molar-refractivity contribution >= 4 is 21.7 Å². The van der Waals surface area contributed by atoms with E-state index in [1.165, 1.54) is 12.1 Å². The van der Waals surface area contributed by atoms with E-state index in [0.717, 1.165) is 28.3 Å². The number of rotatable bonds is 6. The molecule has 0 aliphatic carbocycles. The molecule has 1 atom stereocenters. The van der Waals surface area contributed by atoms with E-state index in [1.54, 1.807) is 18.2 Å².